The molecule has 19 heavy (non-hydrogen) atoms. The molecule has 0 aliphatic heterocycles. The first-order valence-corrected chi connectivity index (χ1v) is 6.99. The third-order valence-corrected chi connectivity index (χ3v) is 4.17. The van der Waals surface area contributed by atoms with E-state index in [0.717, 1.165) is 10.4 Å². The molecule has 1 aromatic heterocycles. The highest BCUT2D eigenvalue weighted by atomic mass is 79.9. The minimum atomic E-state index is -1.01. The molecule has 0 aliphatic carbocycles. The zero-order valence-electron chi connectivity index (χ0n) is 9.94. The van der Waals surface area contributed by atoms with Gasteiger partial charge in [-0.15, -0.1) is 11.3 Å². The Morgan fingerprint density at radius 3 is 2.84 bits per heavy atom. The van der Waals surface area contributed by atoms with Crippen molar-refractivity contribution < 1.29 is 19.0 Å². The fourth-order valence-electron chi connectivity index (χ4n) is 1.54. The summed E-state index contributed by atoms with van der Waals surface area (Å²) in [6.45, 7) is 2.00. The third-order valence-electron chi connectivity index (χ3n) is 2.41. The molecule has 0 spiro atoms. The summed E-state index contributed by atoms with van der Waals surface area (Å²) in [5.74, 6) is -1.01. The average Bonchev–Trinajstić information content (AvgIpc) is 2.69. The van der Waals surface area contributed by atoms with Crippen molar-refractivity contribution in [3.63, 3.8) is 0 Å². The lowest BCUT2D eigenvalue weighted by Gasteiger charge is -2.07. The molecule has 0 atom stereocenters. The lowest BCUT2D eigenvalue weighted by molar-refractivity contribution is 0.0697. The summed E-state index contributed by atoms with van der Waals surface area (Å²) >= 11 is 4.41. The van der Waals surface area contributed by atoms with E-state index >= 15 is 0 Å². The molecule has 1 aromatic carbocycles. The molecule has 2 rings (SSSR count). The lowest BCUT2D eigenvalue weighted by atomic mass is 10.2. The third kappa shape index (κ3) is 3.33. The molecule has 0 radical (unpaired) electrons. The van der Waals surface area contributed by atoms with E-state index in [4.69, 9.17) is 9.84 Å². The standard InChI is InChI=1S/C13H10BrFO3S/c1-7-4-11(12(19-7)13(16)17)18-6-8-2-3-9(15)5-10(8)14/h2-5H,6H2,1H3,(H,16,17). The summed E-state index contributed by atoms with van der Waals surface area (Å²) in [4.78, 5) is 12.1. The van der Waals surface area contributed by atoms with Crippen LogP contribution in [0.15, 0.2) is 28.7 Å². The number of aromatic carboxylic acids is 1. The Morgan fingerprint density at radius 1 is 1.47 bits per heavy atom. The molecule has 3 nitrogen and oxygen atoms in total. The van der Waals surface area contributed by atoms with Crippen LogP contribution in [0.4, 0.5) is 4.39 Å². The topological polar surface area (TPSA) is 46.5 Å². The van der Waals surface area contributed by atoms with Crippen molar-refractivity contribution in [2.24, 2.45) is 0 Å². The molecular weight excluding hydrogens is 335 g/mol. The monoisotopic (exact) mass is 344 g/mol. The van der Waals surface area contributed by atoms with Crippen LogP contribution in [0, 0.1) is 12.7 Å². The van der Waals surface area contributed by atoms with Crippen LogP contribution in [0.5, 0.6) is 5.75 Å². The second-order valence-corrected chi connectivity index (χ2v) is 5.99. The number of rotatable bonds is 4. The van der Waals surface area contributed by atoms with Gasteiger partial charge in [0, 0.05) is 14.9 Å². The van der Waals surface area contributed by atoms with Crippen molar-refractivity contribution in [3.05, 3.63) is 49.9 Å². The van der Waals surface area contributed by atoms with Crippen molar-refractivity contribution in [2.45, 2.75) is 13.5 Å². The van der Waals surface area contributed by atoms with Crippen LogP contribution >= 0.6 is 27.3 Å². The van der Waals surface area contributed by atoms with Crippen LogP contribution in [0.3, 0.4) is 0 Å². The van der Waals surface area contributed by atoms with Crippen LogP contribution in [-0.4, -0.2) is 11.1 Å². The number of hydrogen-bond donors (Lipinski definition) is 1. The predicted molar refractivity (Wildman–Crippen MR) is 74.4 cm³/mol. The maximum absolute atomic E-state index is 12.9. The van der Waals surface area contributed by atoms with Gasteiger partial charge in [0.05, 0.1) is 0 Å². The van der Waals surface area contributed by atoms with Gasteiger partial charge in [0.2, 0.25) is 0 Å². The van der Waals surface area contributed by atoms with Crippen molar-refractivity contribution in [2.75, 3.05) is 0 Å². The van der Waals surface area contributed by atoms with E-state index in [1.54, 1.807) is 12.1 Å². The number of benzene rings is 1. The molecule has 0 saturated carbocycles. The van der Waals surface area contributed by atoms with Gasteiger partial charge in [-0.1, -0.05) is 22.0 Å². The van der Waals surface area contributed by atoms with Gasteiger partial charge >= 0.3 is 5.97 Å². The highest BCUT2D eigenvalue weighted by Gasteiger charge is 2.15. The van der Waals surface area contributed by atoms with Crippen LogP contribution in [0.1, 0.15) is 20.1 Å². The molecule has 0 saturated heterocycles. The first-order valence-electron chi connectivity index (χ1n) is 5.38. The Bertz CT molecular complexity index is 624. The fourth-order valence-corrected chi connectivity index (χ4v) is 2.80. The van der Waals surface area contributed by atoms with Gasteiger partial charge in [0.15, 0.2) is 4.88 Å². The minimum Gasteiger partial charge on any atom is -0.487 e. The molecule has 0 bridgehead atoms. The molecular formula is C13H10BrFO3S. The zero-order valence-corrected chi connectivity index (χ0v) is 12.3. The highest BCUT2D eigenvalue weighted by molar-refractivity contribution is 9.10. The van der Waals surface area contributed by atoms with Crippen LogP contribution in [-0.2, 0) is 6.61 Å². The Kier molecular flexibility index (Phi) is 4.21. The number of hydrogen-bond acceptors (Lipinski definition) is 3. The summed E-state index contributed by atoms with van der Waals surface area (Å²) in [6, 6.07) is 5.96. The Labute approximate surface area is 121 Å². The van der Waals surface area contributed by atoms with E-state index in [0.29, 0.717) is 10.2 Å². The summed E-state index contributed by atoms with van der Waals surface area (Å²) < 4.78 is 19.0. The van der Waals surface area contributed by atoms with Gasteiger partial charge in [0.1, 0.15) is 18.2 Å². The molecule has 6 heteroatoms. The highest BCUT2D eigenvalue weighted by Crippen LogP contribution is 2.30. The Morgan fingerprint density at radius 2 is 2.21 bits per heavy atom. The normalized spacial score (nSPS) is 10.5. The maximum Gasteiger partial charge on any atom is 0.349 e. The van der Waals surface area contributed by atoms with E-state index in [1.807, 2.05) is 6.92 Å². The van der Waals surface area contributed by atoms with Gasteiger partial charge in [0.25, 0.3) is 0 Å². The molecule has 2 aromatic rings. The smallest absolute Gasteiger partial charge is 0.349 e. The molecule has 0 aliphatic rings. The van der Waals surface area contributed by atoms with Gasteiger partial charge in [-0.3, -0.25) is 0 Å². The van der Waals surface area contributed by atoms with Crippen LogP contribution in [0.25, 0.3) is 0 Å². The second-order valence-electron chi connectivity index (χ2n) is 3.88. The van der Waals surface area contributed by atoms with Gasteiger partial charge < -0.3 is 9.84 Å². The second kappa shape index (κ2) is 5.71. The summed E-state index contributed by atoms with van der Waals surface area (Å²) in [7, 11) is 0. The maximum atomic E-state index is 12.9. The number of ether oxygens (including phenoxy) is 1. The number of carboxylic acids is 1. The van der Waals surface area contributed by atoms with E-state index in [2.05, 4.69) is 15.9 Å². The van der Waals surface area contributed by atoms with Crippen molar-refractivity contribution in [1.82, 2.24) is 0 Å². The molecule has 100 valence electrons. The average molecular weight is 345 g/mol. The largest absolute Gasteiger partial charge is 0.487 e. The minimum absolute atomic E-state index is 0.177. The van der Waals surface area contributed by atoms with Crippen LogP contribution < -0.4 is 4.74 Å². The van der Waals surface area contributed by atoms with E-state index in [1.165, 1.54) is 23.5 Å². The quantitative estimate of drug-likeness (QED) is 0.902. The van der Waals surface area contributed by atoms with Crippen LogP contribution in [0.2, 0.25) is 0 Å². The Balaban J connectivity index is 2.16. The number of halogens is 2. The first-order chi connectivity index (χ1) is 8.97. The van der Waals surface area contributed by atoms with Crippen molar-refractivity contribution in [1.29, 1.82) is 0 Å². The summed E-state index contributed by atoms with van der Waals surface area (Å²) in [5.41, 5.74) is 0.751. The van der Waals surface area contributed by atoms with Gasteiger partial charge in [-0.25, -0.2) is 9.18 Å². The molecule has 1 heterocycles. The van der Waals surface area contributed by atoms with E-state index in [9.17, 15) is 9.18 Å². The molecule has 1 N–H and O–H groups in total. The zero-order chi connectivity index (χ0) is 14.0. The van der Waals surface area contributed by atoms with Gasteiger partial charge in [-0.05, 0) is 25.1 Å². The molecule has 0 amide bonds. The summed E-state index contributed by atoms with van der Waals surface area (Å²) in [5, 5.41) is 9.04. The van der Waals surface area contributed by atoms with Crippen molar-refractivity contribution >= 4 is 33.2 Å². The van der Waals surface area contributed by atoms with Gasteiger partial charge in [-0.2, -0.15) is 0 Å². The number of aryl methyl sites for hydroxylation is 1. The lowest BCUT2D eigenvalue weighted by Crippen LogP contribution is -2.00. The first kappa shape index (κ1) is 14.0. The number of carbonyl (C=O) groups is 1. The summed E-state index contributed by atoms with van der Waals surface area (Å²) in [6.07, 6.45) is 0. The van der Waals surface area contributed by atoms with Crippen molar-refractivity contribution in [3.8, 4) is 5.75 Å². The molecule has 0 fully saturated rings. The number of carboxylic acid groups (broad SMARTS) is 1. The number of thiophene rings is 1. The van der Waals surface area contributed by atoms with E-state index in [-0.39, 0.29) is 17.3 Å². The SMILES string of the molecule is Cc1cc(OCc2ccc(F)cc2Br)c(C(=O)O)s1. The predicted octanol–water partition coefficient (Wildman–Crippen LogP) is 4.24. The molecule has 0 unspecified atom stereocenters. The fraction of sp³-hybridized carbons (Fsp3) is 0.154. The Hall–Kier alpha value is -1.40. The van der Waals surface area contributed by atoms with E-state index < -0.39 is 5.97 Å².